The fraction of sp³-hybridized carbons (Fsp3) is 0.400. The van der Waals surface area contributed by atoms with Crippen LogP contribution >= 0.6 is 11.3 Å². The molecule has 0 radical (unpaired) electrons. The number of nitrogens with one attached hydrogen (secondary N) is 1. The number of esters is 1. The first-order valence-corrected chi connectivity index (χ1v) is 7.89. The van der Waals surface area contributed by atoms with Crippen molar-refractivity contribution in [1.82, 2.24) is 9.97 Å². The first-order chi connectivity index (χ1) is 10.3. The monoisotopic (exact) mass is 305 g/mol. The van der Waals surface area contributed by atoms with Crippen LogP contribution in [0.5, 0.6) is 0 Å². The van der Waals surface area contributed by atoms with E-state index in [1.807, 2.05) is 30.5 Å². The zero-order valence-electron chi connectivity index (χ0n) is 12.0. The van der Waals surface area contributed by atoms with Crippen molar-refractivity contribution in [2.45, 2.75) is 26.2 Å². The highest BCUT2D eigenvalue weighted by Crippen LogP contribution is 2.16. The van der Waals surface area contributed by atoms with Gasteiger partial charge in [-0.25, -0.2) is 4.98 Å². The summed E-state index contributed by atoms with van der Waals surface area (Å²) in [5.41, 5.74) is 1.98. The molecule has 0 saturated carbocycles. The molecule has 2 aromatic rings. The Hall–Kier alpha value is -1.95. The van der Waals surface area contributed by atoms with Crippen molar-refractivity contribution in [3.05, 3.63) is 41.2 Å². The average Bonchev–Trinajstić information content (AvgIpc) is 2.95. The molecule has 0 aliphatic heterocycles. The molecule has 0 spiro atoms. The Bertz CT molecular complexity index is 557. The number of ether oxygens (including phenoxy) is 1. The number of pyridine rings is 1. The lowest BCUT2D eigenvalue weighted by atomic mass is 10.2. The molecular weight excluding hydrogens is 286 g/mol. The van der Waals surface area contributed by atoms with E-state index in [4.69, 9.17) is 4.74 Å². The third-order valence-electron chi connectivity index (χ3n) is 2.83. The Morgan fingerprint density at radius 3 is 3.00 bits per heavy atom. The van der Waals surface area contributed by atoms with E-state index in [0.29, 0.717) is 19.4 Å². The van der Waals surface area contributed by atoms with E-state index in [1.165, 1.54) is 0 Å². The smallest absolute Gasteiger partial charge is 0.306 e. The molecule has 0 aromatic carbocycles. The van der Waals surface area contributed by atoms with Gasteiger partial charge < -0.3 is 10.1 Å². The minimum absolute atomic E-state index is 0.171. The predicted octanol–water partition coefficient (Wildman–Crippen LogP) is 2.69. The van der Waals surface area contributed by atoms with Crippen LogP contribution in [0.4, 0.5) is 5.13 Å². The van der Waals surface area contributed by atoms with E-state index >= 15 is 0 Å². The summed E-state index contributed by atoms with van der Waals surface area (Å²) < 4.78 is 4.90. The standard InChI is InChI=1S/C15H19N3O2S/c1-2-20-14(19)7-6-13-11-21-15(18-13)17-10-8-12-5-3-4-9-16-12/h3-5,9,11H,2,6-8,10H2,1H3,(H,17,18). The minimum Gasteiger partial charge on any atom is -0.466 e. The van der Waals surface area contributed by atoms with Crippen molar-refractivity contribution in [1.29, 1.82) is 0 Å². The quantitative estimate of drug-likeness (QED) is 0.760. The molecule has 0 fully saturated rings. The first kappa shape index (κ1) is 15.4. The summed E-state index contributed by atoms with van der Waals surface area (Å²) in [5, 5.41) is 6.13. The number of anilines is 1. The molecule has 0 bridgehead atoms. The predicted molar refractivity (Wildman–Crippen MR) is 83.5 cm³/mol. The topological polar surface area (TPSA) is 64.1 Å². The summed E-state index contributed by atoms with van der Waals surface area (Å²) in [6, 6.07) is 5.90. The van der Waals surface area contributed by atoms with Crippen LogP contribution in [0, 0.1) is 0 Å². The fourth-order valence-electron chi connectivity index (χ4n) is 1.81. The van der Waals surface area contributed by atoms with E-state index in [9.17, 15) is 4.79 Å². The Balaban J connectivity index is 1.71. The van der Waals surface area contributed by atoms with E-state index in [-0.39, 0.29) is 5.97 Å². The number of hydrogen-bond acceptors (Lipinski definition) is 6. The zero-order valence-corrected chi connectivity index (χ0v) is 12.9. The summed E-state index contributed by atoms with van der Waals surface area (Å²) in [5.74, 6) is -0.171. The lowest BCUT2D eigenvalue weighted by molar-refractivity contribution is -0.143. The molecule has 2 rings (SSSR count). The van der Waals surface area contributed by atoms with Gasteiger partial charge >= 0.3 is 5.97 Å². The number of aromatic nitrogens is 2. The van der Waals surface area contributed by atoms with Crippen molar-refractivity contribution in [2.24, 2.45) is 0 Å². The second-order valence-electron chi connectivity index (χ2n) is 4.45. The van der Waals surface area contributed by atoms with Crippen LogP contribution < -0.4 is 5.32 Å². The second-order valence-corrected chi connectivity index (χ2v) is 5.30. The van der Waals surface area contributed by atoms with Crippen LogP contribution in [0.3, 0.4) is 0 Å². The summed E-state index contributed by atoms with van der Waals surface area (Å²) in [6.45, 7) is 3.03. The largest absolute Gasteiger partial charge is 0.466 e. The highest BCUT2D eigenvalue weighted by atomic mass is 32.1. The number of nitrogens with zero attached hydrogens (tertiary/aromatic N) is 2. The highest BCUT2D eigenvalue weighted by molar-refractivity contribution is 7.13. The molecule has 6 heteroatoms. The van der Waals surface area contributed by atoms with Gasteiger partial charge in [0.1, 0.15) is 0 Å². The molecule has 2 heterocycles. The Morgan fingerprint density at radius 2 is 2.24 bits per heavy atom. The van der Waals surface area contributed by atoms with Gasteiger partial charge in [-0.1, -0.05) is 6.07 Å². The van der Waals surface area contributed by atoms with Crippen molar-refractivity contribution >= 4 is 22.4 Å². The molecule has 0 aliphatic rings. The number of aryl methyl sites for hydroxylation is 1. The van der Waals surface area contributed by atoms with Crippen LogP contribution in [-0.4, -0.2) is 29.1 Å². The normalized spacial score (nSPS) is 10.3. The van der Waals surface area contributed by atoms with Gasteiger partial charge in [0, 0.05) is 36.7 Å². The minimum atomic E-state index is -0.171. The Morgan fingerprint density at radius 1 is 1.33 bits per heavy atom. The van der Waals surface area contributed by atoms with Gasteiger partial charge in [0.2, 0.25) is 0 Å². The van der Waals surface area contributed by atoms with Crippen molar-refractivity contribution in [3.63, 3.8) is 0 Å². The van der Waals surface area contributed by atoms with Crippen LogP contribution in [-0.2, 0) is 22.4 Å². The lowest BCUT2D eigenvalue weighted by Crippen LogP contribution is -2.06. The van der Waals surface area contributed by atoms with Gasteiger partial charge in [-0.15, -0.1) is 11.3 Å². The molecule has 0 unspecified atom stereocenters. The van der Waals surface area contributed by atoms with Crippen LogP contribution in [0.15, 0.2) is 29.8 Å². The van der Waals surface area contributed by atoms with E-state index < -0.39 is 0 Å². The number of carbonyl (C=O) groups is 1. The molecule has 0 aliphatic carbocycles. The van der Waals surface area contributed by atoms with Crippen molar-refractivity contribution in [3.8, 4) is 0 Å². The molecule has 0 atom stereocenters. The maximum absolute atomic E-state index is 11.3. The van der Waals surface area contributed by atoms with E-state index in [0.717, 1.165) is 29.5 Å². The third-order valence-corrected chi connectivity index (χ3v) is 3.67. The van der Waals surface area contributed by atoms with Crippen LogP contribution in [0.25, 0.3) is 0 Å². The number of thiazole rings is 1. The summed E-state index contributed by atoms with van der Waals surface area (Å²) in [6.07, 6.45) is 3.66. The molecule has 0 amide bonds. The molecule has 2 aromatic heterocycles. The Kier molecular flexibility index (Phi) is 6.15. The number of hydrogen-bond donors (Lipinski definition) is 1. The van der Waals surface area contributed by atoms with Gasteiger partial charge in [-0.2, -0.15) is 0 Å². The number of rotatable bonds is 8. The number of carbonyl (C=O) groups excluding carboxylic acids is 1. The van der Waals surface area contributed by atoms with Crippen LogP contribution in [0.1, 0.15) is 24.7 Å². The molecular formula is C15H19N3O2S. The van der Waals surface area contributed by atoms with Gasteiger partial charge in [-0.05, 0) is 19.1 Å². The lowest BCUT2D eigenvalue weighted by Gasteiger charge is -2.02. The SMILES string of the molecule is CCOC(=O)CCc1csc(NCCc2ccccn2)n1. The summed E-state index contributed by atoms with van der Waals surface area (Å²) in [4.78, 5) is 20.0. The van der Waals surface area contributed by atoms with Gasteiger partial charge in [0.25, 0.3) is 0 Å². The maximum atomic E-state index is 11.3. The second kappa shape index (κ2) is 8.36. The Labute approximate surface area is 128 Å². The molecule has 112 valence electrons. The van der Waals surface area contributed by atoms with Gasteiger partial charge in [-0.3, -0.25) is 9.78 Å². The van der Waals surface area contributed by atoms with Crippen molar-refractivity contribution in [2.75, 3.05) is 18.5 Å². The average molecular weight is 305 g/mol. The zero-order chi connectivity index (χ0) is 14.9. The molecule has 5 nitrogen and oxygen atoms in total. The summed E-state index contributed by atoms with van der Waals surface area (Å²) in [7, 11) is 0. The molecule has 1 N–H and O–H groups in total. The van der Waals surface area contributed by atoms with E-state index in [1.54, 1.807) is 17.5 Å². The molecule has 21 heavy (non-hydrogen) atoms. The first-order valence-electron chi connectivity index (χ1n) is 7.01. The summed E-state index contributed by atoms with van der Waals surface area (Å²) >= 11 is 1.55. The molecule has 0 saturated heterocycles. The van der Waals surface area contributed by atoms with Gasteiger partial charge in [0.15, 0.2) is 5.13 Å². The third kappa shape index (κ3) is 5.51. The van der Waals surface area contributed by atoms with Crippen molar-refractivity contribution < 1.29 is 9.53 Å². The fourth-order valence-corrected chi connectivity index (χ4v) is 2.58. The van der Waals surface area contributed by atoms with Gasteiger partial charge in [0.05, 0.1) is 18.7 Å². The maximum Gasteiger partial charge on any atom is 0.306 e. The van der Waals surface area contributed by atoms with E-state index in [2.05, 4.69) is 15.3 Å². The highest BCUT2D eigenvalue weighted by Gasteiger charge is 2.06. The van der Waals surface area contributed by atoms with Crippen LogP contribution in [0.2, 0.25) is 0 Å².